The maximum absolute atomic E-state index is 13.1. The highest BCUT2D eigenvalue weighted by molar-refractivity contribution is 5.14. The highest BCUT2D eigenvalue weighted by Crippen LogP contribution is 2.13. The van der Waals surface area contributed by atoms with Crippen LogP contribution in [0.15, 0.2) is 23.8 Å². The third kappa shape index (κ3) is 15.5. The van der Waals surface area contributed by atoms with E-state index >= 15 is 0 Å². The van der Waals surface area contributed by atoms with Gasteiger partial charge in [-0.05, 0) is 18.9 Å². The van der Waals surface area contributed by atoms with Crippen molar-refractivity contribution in [2.24, 2.45) is 0 Å². The SMILES string of the molecule is CCCCCCCCCCCCC/C=C(F)/C=C(\F)CO. The lowest BCUT2D eigenvalue weighted by atomic mass is 10.1. The van der Waals surface area contributed by atoms with Crippen molar-refractivity contribution in [3.05, 3.63) is 23.8 Å². The molecule has 0 saturated heterocycles. The first-order valence-electron chi connectivity index (χ1n) is 8.53. The van der Waals surface area contributed by atoms with Gasteiger partial charge in [-0.3, -0.25) is 0 Å². The summed E-state index contributed by atoms with van der Waals surface area (Å²) in [7, 11) is 0. The van der Waals surface area contributed by atoms with Gasteiger partial charge in [0.05, 0.1) is 6.61 Å². The van der Waals surface area contributed by atoms with Crippen molar-refractivity contribution in [3.8, 4) is 0 Å². The number of aliphatic hydroxyl groups excluding tert-OH is 1. The third-order valence-corrected chi connectivity index (χ3v) is 3.59. The van der Waals surface area contributed by atoms with Crippen molar-refractivity contribution < 1.29 is 13.9 Å². The minimum absolute atomic E-state index is 0.589. The van der Waals surface area contributed by atoms with Crippen LogP contribution < -0.4 is 0 Å². The number of allylic oxidation sites excluding steroid dienone is 3. The fraction of sp³-hybridized carbons (Fsp3) is 0.778. The normalized spacial score (nSPS) is 13.0. The van der Waals surface area contributed by atoms with Gasteiger partial charge in [-0.2, -0.15) is 0 Å². The first kappa shape index (κ1) is 20.3. The van der Waals surface area contributed by atoms with E-state index in [0.717, 1.165) is 18.9 Å². The lowest BCUT2D eigenvalue weighted by Crippen LogP contribution is -1.83. The van der Waals surface area contributed by atoms with Gasteiger partial charge in [-0.25, -0.2) is 8.78 Å². The van der Waals surface area contributed by atoms with Crippen LogP contribution in [0.2, 0.25) is 0 Å². The van der Waals surface area contributed by atoms with Crippen molar-refractivity contribution >= 4 is 0 Å². The van der Waals surface area contributed by atoms with E-state index in [2.05, 4.69) is 6.92 Å². The summed E-state index contributed by atoms with van der Waals surface area (Å²) in [4.78, 5) is 0. The van der Waals surface area contributed by atoms with Crippen LogP contribution >= 0.6 is 0 Å². The molecule has 21 heavy (non-hydrogen) atoms. The molecular formula is C18H32F2O. The molecule has 0 radical (unpaired) electrons. The maximum Gasteiger partial charge on any atom is 0.128 e. The summed E-state index contributed by atoms with van der Waals surface area (Å²) in [5, 5.41) is 8.42. The zero-order valence-electron chi connectivity index (χ0n) is 13.6. The van der Waals surface area contributed by atoms with Gasteiger partial charge in [0.1, 0.15) is 11.7 Å². The summed E-state index contributed by atoms with van der Waals surface area (Å²) in [6.07, 6.45) is 16.7. The van der Waals surface area contributed by atoms with E-state index in [1.807, 2.05) is 0 Å². The lowest BCUT2D eigenvalue weighted by Gasteiger charge is -2.01. The summed E-state index contributed by atoms with van der Waals surface area (Å²) in [6.45, 7) is 1.50. The highest BCUT2D eigenvalue weighted by atomic mass is 19.1. The molecule has 0 bridgehead atoms. The summed E-state index contributed by atoms with van der Waals surface area (Å²) >= 11 is 0. The Morgan fingerprint density at radius 1 is 0.810 bits per heavy atom. The van der Waals surface area contributed by atoms with Crippen LogP contribution in [0.3, 0.4) is 0 Å². The van der Waals surface area contributed by atoms with E-state index in [0.29, 0.717) is 6.42 Å². The van der Waals surface area contributed by atoms with Gasteiger partial charge >= 0.3 is 0 Å². The second kappa shape index (κ2) is 15.7. The summed E-state index contributed by atoms with van der Waals surface area (Å²) in [6, 6.07) is 0. The molecule has 0 spiro atoms. The minimum atomic E-state index is -0.831. The Morgan fingerprint density at radius 3 is 1.76 bits per heavy atom. The van der Waals surface area contributed by atoms with Crippen LogP contribution in [0.5, 0.6) is 0 Å². The van der Waals surface area contributed by atoms with Gasteiger partial charge in [0, 0.05) is 6.08 Å². The Morgan fingerprint density at radius 2 is 1.29 bits per heavy atom. The molecule has 1 N–H and O–H groups in total. The average molecular weight is 302 g/mol. The molecule has 124 valence electrons. The van der Waals surface area contributed by atoms with Crippen LogP contribution in [0.4, 0.5) is 8.78 Å². The smallest absolute Gasteiger partial charge is 0.128 e. The Hall–Kier alpha value is -0.700. The maximum atomic E-state index is 13.1. The van der Waals surface area contributed by atoms with Gasteiger partial charge in [0.2, 0.25) is 0 Å². The van der Waals surface area contributed by atoms with Gasteiger partial charge in [0.15, 0.2) is 0 Å². The van der Waals surface area contributed by atoms with Crippen LogP contribution in [0, 0.1) is 0 Å². The predicted octanol–water partition coefficient (Wildman–Crippen LogP) is 6.39. The molecule has 0 rings (SSSR count). The zero-order chi connectivity index (χ0) is 15.8. The monoisotopic (exact) mass is 302 g/mol. The van der Waals surface area contributed by atoms with E-state index in [-0.39, 0.29) is 0 Å². The molecule has 0 aromatic carbocycles. The summed E-state index contributed by atoms with van der Waals surface area (Å²) < 4.78 is 25.6. The largest absolute Gasteiger partial charge is 0.389 e. The molecule has 0 saturated carbocycles. The van der Waals surface area contributed by atoms with Gasteiger partial charge < -0.3 is 5.11 Å². The molecule has 0 aliphatic carbocycles. The molecule has 0 fully saturated rings. The Balaban J connectivity index is 3.31. The Labute approximate surface area is 129 Å². The van der Waals surface area contributed by atoms with Crippen molar-refractivity contribution in [1.82, 2.24) is 0 Å². The van der Waals surface area contributed by atoms with Gasteiger partial charge in [-0.15, -0.1) is 0 Å². The molecular weight excluding hydrogens is 270 g/mol. The summed E-state index contributed by atoms with van der Waals surface area (Å²) in [5.41, 5.74) is 0. The minimum Gasteiger partial charge on any atom is -0.389 e. The number of rotatable bonds is 14. The van der Waals surface area contributed by atoms with Crippen molar-refractivity contribution in [3.63, 3.8) is 0 Å². The predicted molar refractivity (Wildman–Crippen MR) is 86.5 cm³/mol. The van der Waals surface area contributed by atoms with Crippen molar-refractivity contribution in [1.29, 1.82) is 0 Å². The second-order valence-electron chi connectivity index (χ2n) is 5.66. The van der Waals surface area contributed by atoms with Crippen molar-refractivity contribution in [2.45, 2.75) is 84.0 Å². The number of hydrogen-bond acceptors (Lipinski definition) is 1. The number of unbranched alkanes of at least 4 members (excludes halogenated alkanes) is 11. The number of aliphatic hydroxyl groups is 1. The fourth-order valence-corrected chi connectivity index (χ4v) is 2.30. The van der Waals surface area contributed by atoms with Gasteiger partial charge in [-0.1, -0.05) is 71.1 Å². The van der Waals surface area contributed by atoms with Gasteiger partial charge in [0.25, 0.3) is 0 Å². The number of halogens is 2. The van der Waals surface area contributed by atoms with E-state index in [9.17, 15) is 8.78 Å². The first-order chi connectivity index (χ1) is 10.2. The molecule has 0 aromatic heterocycles. The molecule has 0 heterocycles. The fourth-order valence-electron chi connectivity index (χ4n) is 2.30. The molecule has 1 nitrogen and oxygen atoms in total. The first-order valence-corrected chi connectivity index (χ1v) is 8.53. The van der Waals surface area contributed by atoms with Crippen LogP contribution in [-0.4, -0.2) is 11.7 Å². The lowest BCUT2D eigenvalue weighted by molar-refractivity contribution is 0.297. The topological polar surface area (TPSA) is 20.2 Å². The quantitative estimate of drug-likeness (QED) is 0.291. The highest BCUT2D eigenvalue weighted by Gasteiger charge is 1.96. The van der Waals surface area contributed by atoms with E-state index in [1.165, 1.54) is 63.9 Å². The van der Waals surface area contributed by atoms with E-state index in [1.54, 1.807) is 0 Å². The Bertz CT molecular complexity index is 285. The standard InChI is InChI=1S/C18H32F2O/c1-2-3-4-5-6-7-8-9-10-11-12-13-14-17(19)15-18(20)16-21/h14-15,21H,2-13,16H2,1H3/b17-14-,18-15-. The molecule has 0 unspecified atom stereocenters. The number of hydrogen-bond donors (Lipinski definition) is 1. The second-order valence-corrected chi connectivity index (χ2v) is 5.66. The molecule has 0 atom stereocenters. The van der Waals surface area contributed by atoms with Crippen LogP contribution in [0.25, 0.3) is 0 Å². The average Bonchev–Trinajstić information content (AvgIpc) is 2.48. The Kier molecular flexibility index (Phi) is 15.2. The third-order valence-electron chi connectivity index (χ3n) is 3.59. The van der Waals surface area contributed by atoms with E-state index in [4.69, 9.17) is 5.11 Å². The molecule has 0 aliphatic heterocycles. The molecule has 0 amide bonds. The van der Waals surface area contributed by atoms with Crippen molar-refractivity contribution in [2.75, 3.05) is 6.61 Å². The van der Waals surface area contributed by atoms with Crippen LogP contribution in [0.1, 0.15) is 84.0 Å². The molecule has 0 aromatic rings. The van der Waals surface area contributed by atoms with Crippen LogP contribution in [-0.2, 0) is 0 Å². The molecule has 0 aliphatic rings. The zero-order valence-corrected chi connectivity index (χ0v) is 13.6. The van der Waals surface area contributed by atoms with E-state index < -0.39 is 18.3 Å². The molecule has 3 heteroatoms. The summed E-state index contributed by atoms with van der Waals surface area (Å²) in [5.74, 6) is -1.42.